The first-order valence-corrected chi connectivity index (χ1v) is 9.83. The molecule has 25 heavy (non-hydrogen) atoms. The predicted octanol–water partition coefficient (Wildman–Crippen LogP) is 4.93. The normalized spacial score (nSPS) is 11.0. The first-order valence-electron chi connectivity index (χ1n) is 7.21. The Kier molecular flexibility index (Phi) is 5.64. The Labute approximate surface area is 162 Å². The fourth-order valence-corrected chi connectivity index (χ4v) is 4.22. The van der Waals surface area contributed by atoms with Gasteiger partial charge in [0.1, 0.15) is 4.83 Å². The Balaban J connectivity index is 1.88. The van der Waals surface area contributed by atoms with E-state index >= 15 is 0 Å². The quantitative estimate of drug-likeness (QED) is 0.250. The van der Waals surface area contributed by atoms with E-state index in [1.807, 2.05) is 5.38 Å². The molecular formula is C17H12Cl2N2O2S2. The highest BCUT2D eigenvalue weighted by molar-refractivity contribution is 7.99. The molecule has 0 unspecified atom stereocenters. The second-order valence-corrected chi connectivity index (χ2v) is 7.73. The molecule has 0 N–H and O–H groups in total. The topological polar surface area (TPSA) is 52.0 Å². The van der Waals surface area contributed by atoms with Gasteiger partial charge in [-0.05, 0) is 29.6 Å². The van der Waals surface area contributed by atoms with Gasteiger partial charge in [-0.3, -0.25) is 14.2 Å². The fourth-order valence-electron chi connectivity index (χ4n) is 2.21. The van der Waals surface area contributed by atoms with Crippen LogP contribution < -0.4 is 5.56 Å². The van der Waals surface area contributed by atoms with Crippen molar-refractivity contribution >= 4 is 62.3 Å². The minimum Gasteiger partial charge on any atom is -0.293 e. The summed E-state index contributed by atoms with van der Waals surface area (Å²) in [6.07, 6.45) is 1.63. The second kappa shape index (κ2) is 7.74. The van der Waals surface area contributed by atoms with Gasteiger partial charge in [-0.2, -0.15) is 0 Å². The van der Waals surface area contributed by atoms with Gasteiger partial charge >= 0.3 is 0 Å². The number of hydrogen-bond donors (Lipinski definition) is 0. The lowest BCUT2D eigenvalue weighted by molar-refractivity contribution is 0.102. The molecule has 0 amide bonds. The molecule has 0 saturated carbocycles. The van der Waals surface area contributed by atoms with Gasteiger partial charge in [-0.25, -0.2) is 4.98 Å². The molecule has 128 valence electrons. The summed E-state index contributed by atoms with van der Waals surface area (Å²) in [4.78, 5) is 30.1. The average molecular weight is 411 g/mol. The van der Waals surface area contributed by atoms with Crippen molar-refractivity contribution in [2.75, 3.05) is 5.75 Å². The van der Waals surface area contributed by atoms with Gasteiger partial charge in [0.05, 0.1) is 21.2 Å². The molecule has 8 heteroatoms. The lowest BCUT2D eigenvalue weighted by atomic mass is 10.1. The zero-order chi connectivity index (χ0) is 18.0. The summed E-state index contributed by atoms with van der Waals surface area (Å²) in [5.74, 6) is 0.0209. The van der Waals surface area contributed by atoms with E-state index in [2.05, 4.69) is 11.6 Å². The summed E-state index contributed by atoms with van der Waals surface area (Å²) in [6, 6.07) is 6.51. The predicted molar refractivity (Wildman–Crippen MR) is 106 cm³/mol. The number of ketones is 1. The highest BCUT2D eigenvalue weighted by Crippen LogP contribution is 2.25. The van der Waals surface area contributed by atoms with Crippen LogP contribution in [0, 0.1) is 0 Å². The highest BCUT2D eigenvalue weighted by atomic mass is 35.5. The first-order chi connectivity index (χ1) is 12.0. The van der Waals surface area contributed by atoms with Crippen LogP contribution in [0.3, 0.4) is 0 Å². The summed E-state index contributed by atoms with van der Waals surface area (Å²) in [6.45, 7) is 4.01. The number of thioether (sulfide) groups is 1. The van der Waals surface area contributed by atoms with Crippen LogP contribution in [-0.4, -0.2) is 21.1 Å². The molecular weight excluding hydrogens is 399 g/mol. The SMILES string of the molecule is C=CCn1c(SCC(=O)c2ccc(Cl)c(Cl)c2)nc2sccc2c1=O. The van der Waals surface area contributed by atoms with Gasteiger partial charge in [-0.15, -0.1) is 17.9 Å². The van der Waals surface area contributed by atoms with Crippen LogP contribution in [0.25, 0.3) is 10.2 Å². The van der Waals surface area contributed by atoms with Crippen molar-refractivity contribution in [1.82, 2.24) is 9.55 Å². The minimum absolute atomic E-state index is 0.116. The number of fused-ring (bicyclic) bond motifs is 1. The second-order valence-electron chi connectivity index (χ2n) is 5.08. The Hall–Kier alpha value is -1.60. The molecule has 0 spiro atoms. The van der Waals surface area contributed by atoms with E-state index < -0.39 is 0 Å². The maximum atomic E-state index is 12.5. The van der Waals surface area contributed by atoms with Crippen molar-refractivity contribution in [3.8, 4) is 0 Å². The Morgan fingerprint density at radius 1 is 1.32 bits per heavy atom. The summed E-state index contributed by atoms with van der Waals surface area (Å²) in [7, 11) is 0. The van der Waals surface area contributed by atoms with Crippen LogP contribution in [-0.2, 0) is 6.54 Å². The van der Waals surface area contributed by atoms with E-state index in [-0.39, 0.29) is 17.1 Å². The van der Waals surface area contributed by atoms with Crippen molar-refractivity contribution in [3.05, 3.63) is 68.3 Å². The summed E-state index contributed by atoms with van der Waals surface area (Å²) in [5.41, 5.74) is 0.340. The van der Waals surface area contributed by atoms with Gasteiger partial charge in [0.25, 0.3) is 5.56 Å². The molecule has 3 aromatic rings. The number of hydrogen-bond acceptors (Lipinski definition) is 5. The Morgan fingerprint density at radius 3 is 2.84 bits per heavy atom. The molecule has 2 heterocycles. The first kappa shape index (κ1) is 18.2. The molecule has 0 fully saturated rings. The van der Waals surface area contributed by atoms with E-state index in [4.69, 9.17) is 23.2 Å². The summed E-state index contributed by atoms with van der Waals surface area (Å²) >= 11 is 14.4. The van der Waals surface area contributed by atoms with Gasteiger partial charge in [-0.1, -0.05) is 41.0 Å². The van der Waals surface area contributed by atoms with E-state index in [1.54, 1.807) is 30.3 Å². The fraction of sp³-hybridized carbons (Fsp3) is 0.118. The molecule has 0 atom stereocenters. The lowest BCUT2D eigenvalue weighted by Gasteiger charge is -2.09. The van der Waals surface area contributed by atoms with Gasteiger partial charge < -0.3 is 0 Å². The number of thiophene rings is 1. The van der Waals surface area contributed by atoms with Gasteiger partial charge in [0.2, 0.25) is 0 Å². The highest BCUT2D eigenvalue weighted by Gasteiger charge is 2.15. The molecule has 0 aliphatic heterocycles. The number of carbonyl (C=O) groups excluding carboxylic acids is 1. The smallest absolute Gasteiger partial charge is 0.263 e. The zero-order valence-corrected chi connectivity index (χ0v) is 16.0. The van der Waals surface area contributed by atoms with E-state index in [0.717, 1.165) is 0 Å². The number of carbonyl (C=O) groups is 1. The van der Waals surface area contributed by atoms with Crippen molar-refractivity contribution in [2.45, 2.75) is 11.7 Å². The molecule has 0 aliphatic rings. The van der Waals surface area contributed by atoms with Crippen molar-refractivity contribution in [2.24, 2.45) is 0 Å². The minimum atomic E-state index is -0.129. The third-order valence-corrected chi connectivity index (χ3v) is 5.96. The van der Waals surface area contributed by atoms with E-state index in [1.165, 1.54) is 27.7 Å². The molecule has 1 aromatic carbocycles. The lowest BCUT2D eigenvalue weighted by Crippen LogP contribution is -2.22. The van der Waals surface area contributed by atoms with Crippen LogP contribution in [0.15, 0.2) is 52.3 Å². The number of nitrogens with zero attached hydrogens (tertiary/aromatic N) is 2. The Bertz CT molecular complexity index is 1030. The van der Waals surface area contributed by atoms with Crippen LogP contribution in [0.1, 0.15) is 10.4 Å². The molecule has 0 saturated heterocycles. The molecule has 0 aliphatic carbocycles. The number of halogens is 2. The molecule has 3 rings (SSSR count). The standard InChI is InChI=1S/C17H12Cl2N2O2S2/c1-2-6-21-16(23)11-5-7-24-15(11)20-17(21)25-9-14(22)10-3-4-12(18)13(19)8-10/h2-5,7-8H,1,6,9H2. The van der Waals surface area contributed by atoms with Crippen LogP contribution >= 0.6 is 46.3 Å². The molecule has 0 radical (unpaired) electrons. The van der Waals surface area contributed by atoms with Gasteiger partial charge in [0, 0.05) is 12.1 Å². The van der Waals surface area contributed by atoms with E-state index in [0.29, 0.717) is 37.5 Å². The molecule has 4 nitrogen and oxygen atoms in total. The van der Waals surface area contributed by atoms with Crippen LogP contribution in [0.2, 0.25) is 10.0 Å². The van der Waals surface area contributed by atoms with Crippen molar-refractivity contribution in [3.63, 3.8) is 0 Å². The number of benzene rings is 1. The monoisotopic (exact) mass is 410 g/mol. The van der Waals surface area contributed by atoms with Crippen molar-refractivity contribution < 1.29 is 4.79 Å². The number of aromatic nitrogens is 2. The number of allylic oxidation sites excluding steroid dienone is 1. The third-order valence-electron chi connectivity index (χ3n) is 3.43. The largest absolute Gasteiger partial charge is 0.293 e. The zero-order valence-electron chi connectivity index (χ0n) is 12.9. The summed E-state index contributed by atoms with van der Waals surface area (Å²) in [5, 5.41) is 3.63. The third kappa shape index (κ3) is 3.82. The maximum absolute atomic E-state index is 12.5. The molecule has 0 bridgehead atoms. The maximum Gasteiger partial charge on any atom is 0.263 e. The molecule has 2 aromatic heterocycles. The number of rotatable bonds is 6. The number of Topliss-reactive ketones (excluding diaryl/α,β-unsaturated/α-hetero) is 1. The van der Waals surface area contributed by atoms with E-state index in [9.17, 15) is 9.59 Å². The summed E-state index contributed by atoms with van der Waals surface area (Å²) < 4.78 is 1.52. The van der Waals surface area contributed by atoms with Gasteiger partial charge in [0.15, 0.2) is 10.9 Å². The van der Waals surface area contributed by atoms with Crippen molar-refractivity contribution in [1.29, 1.82) is 0 Å². The van der Waals surface area contributed by atoms with Crippen LogP contribution in [0.4, 0.5) is 0 Å². The van der Waals surface area contributed by atoms with Crippen LogP contribution in [0.5, 0.6) is 0 Å². The average Bonchev–Trinajstić information content (AvgIpc) is 3.07. The Morgan fingerprint density at radius 2 is 2.12 bits per heavy atom.